The minimum atomic E-state index is -0.977. The lowest BCUT2D eigenvalue weighted by atomic mass is 9.81. The summed E-state index contributed by atoms with van der Waals surface area (Å²) in [4.78, 5) is 44.5. The Morgan fingerprint density at radius 3 is 2.32 bits per heavy atom. The molecule has 218 valence electrons. The van der Waals surface area contributed by atoms with E-state index in [-0.39, 0.29) is 25.4 Å². The van der Waals surface area contributed by atoms with Gasteiger partial charge in [0.2, 0.25) is 5.91 Å². The van der Waals surface area contributed by atoms with E-state index < -0.39 is 28.6 Å². The van der Waals surface area contributed by atoms with Gasteiger partial charge in [-0.15, -0.1) is 0 Å². The standard InChI is InChI=1S/C31H38N4O6/c1-20-15-22(24-9-7-8-10-25(24)32-20)17-40-23-13-11-21(12-14-23)27(37)33-31(16-26(36)34-39)18-35(19-31)30(5,6)28(38)41-29(2,3)4/h7-15,39H,16-19H2,1-6H3,(H,33,37)(H,34,36). The molecular formula is C31H38N4O6. The topological polar surface area (TPSA) is 130 Å². The molecule has 2 heterocycles. The number of hydrogen-bond donors (Lipinski definition) is 3. The van der Waals surface area contributed by atoms with E-state index in [4.69, 9.17) is 14.7 Å². The molecule has 2 aromatic carbocycles. The molecule has 0 aliphatic carbocycles. The summed E-state index contributed by atoms with van der Waals surface area (Å²) >= 11 is 0. The Labute approximate surface area is 240 Å². The Morgan fingerprint density at radius 2 is 1.68 bits per heavy atom. The van der Waals surface area contributed by atoms with Crippen LogP contribution in [-0.4, -0.2) is 62.6 Å². The maximum Gasteiger partial charge on any atom is 0.326 e. The van der Waals surface area contributed by atoms with Crippen molar-refractivity contribution < 1.29 is 29.1 Å². The number of pyridine rings is 1. The molecular weight excluding hydrogens is 524 g/mol. The van der Waals surface area contributed by atoms with Crippen molar-refractivity contribution in [3.8, 4) is 5.75 Å². The van der Waals surface area contributed by atoms with E-state index in [1.165, 1.54) is 0 Å². The van der Waals surface area contributed by atoms with Gasteiger partial charge in [-0.05, 0) is 77.9 Å². The molecule has 0 bridgehead atoms. The SMILES string of the molecule is Cc1cc(COc2ccc(C(=O)NC3(CC(=O)NO)CN(C(C)(C)C(=O)OC(C)(C)C)C3)cc2)c2ccccc2n1. The van der Waals surface area contributed by atoms with Crippen LogP contribution in [0.4, 0.5) is 0 Å². The molecule has 1 aliphatic heterocycles. The van der Waals surface area contributed by atoms with Crippen LogP contribution in [0.3, 0.4) is 0 Å². The number of carbonyl (C=O) groups is 3. The lowest BCUT2D eigenvalue weighted by Gasteiger charge is -2.55. The van der Waals surface area contributed by atoms with Crippen LogP contribution in [0.5, 0.6) is 5.75 Å². The molecule has 3 aromatic rings. The number of hydroxylamine groups is 1. The van der Waals surface area contributed by atoms with Crippen molar-refractivity contribution in [1.29, 1.82) is 0 Å². The summed E-state index contributed by atoms with van der Waals surface area (Å²) in [7, 11) is 0. The van der Waals surface area contributed by atoms with E-state index in [2.05, 4.69) is 10.3 Å². The molecule has 1 fully saturated rings. The lowest BCUT2D eigenvalue weighted by molar-refractivity contribution is -0.174. The number of aryl methyl sites for hydroxylation is 1. The average Bonchev–Trinajstić information content (AvgIpc) is 2.88. The number of para-hydroxylation sites is 1. The highest BCUT2D eigenvalue weighted by atomic mass is 16.6. The van der Waals surface area contributed by atoms with Gasteiger partial charge in [-0.25, -0.2) is 5.48 Å². The number of aromatic nitrogens is 1. The first-order chi connectivity index (χ1) is 19.2. The average molecular weight is 563 g/mol. The molecule has 10 nitrogen and oxygen atoms in total. The largest absolute Gasteiger partial charge is 0.489 e. The Bertz CT molecular complexity index is 1440. The number of amides is 2. The molecule has 1 aromatic heterocycles. The van der Waals surface area contributed by atoms with E-state index >= 15 is 0 Å². The molecule has 0 saturated carbocycles. The number of rotatable bonds is 9. The normalized spacial score (nSPS) is 15.1. The van der Waals surface area contributed by atoms with Crippen molar-refractivity contribution in [2.45, 2.75) is 71.2 Å². The first kappa shape index (κ1) is 30.0. The van der Waals surface area contributed by atoms with Crippen molar-refractivity contribution in [2.75, 3.05) is 13.1 Å². The van der Waals surface area contributed by atoms with Gasteiger partial charge in [-0.2, -0.15) is 0 Å². The van der Waals surface area contributed by atoms with Gasteiger partial charge in [-0.1, -0.05) is 18.2 Å². The molecule has 1 saturated heterocycles. The smallest absolute Gasteiger partial charge is 0.326 e. The monoisotopic (exact) mass is 562 g/mol. The highest BCUT2D eigenvalue weighted by Crippen LogP contribution is 2.33. The lowest BCUT2D eigenvalue weighted by Crippen LogP contribution is -2.76. The Morgan fingerprint density at radius 1 is 1.02 bits per heavy atom. The molecule has 41 heavy (non-hydrogen) atoms. The van der Waals surface area contributed by atoms with Gasteiger partial charge in [0.25, 0.3) is 5.91 Å². The van der Waals surface area contributed by atoms with Gasteiger partial charge in [0.15, 0.2) is 0 Å². The number of nitrogens with one attached hydrogen (secondary N) is 2. The third kappa shape index (κ3) is 7.01. The van der Waals surface area contributed by atoms with Gasteiger partial charge in [0.05, 0.1) is 17.5 Å². The van der Waals surface area contributed by atoms with E-state index in [1.807, 2.05) is 42.2 Å². The predicted molar refractivity (Wildman–Crippen MR) is 153 cm³/mol. The van der Waals surface area contributed by atoms with Crippen molar-refractivity contribution in [3.05, 3.63) is 71.4 Å². The number of esters is 1. The second kappa shape index (κ2) is 11.5. The third-order valence-electron chi connectivity index (χ3n) is 7.12. The van der Waals surface area contributed by atoms with Crippen LogP contribution in [0.15, 0.2) is 54.6 Å². The van der Waals surface area contributed by atoms with E-state index in [9.17, 15) is 14.4 Å². The third-order valence-corrected chi connectivity index (χ3v) is 7.12. The number of fused-ring (bicyclic) bond motifs is 1. The Balaban J connectivity index is 1.42. The van der Waals surface area contributed by atoms with Gasteiger partial charge in [0, 0.05) is 35.3 Å². The number of carbonyl (C=O) groups excluding carboxylic acids is 3. The van der Waals surface area contributed by atoms with Gasteiger partial charge in [-0.3, -0.25) is 29.5 Å². The molecule has 0 spiro atoms. The second-order valence-corrected chi connectivity index (χ2v) is 12.1. The van der Waals surface area contributed by atoms with Crippen LogP contribution < -0.4 is 15.5 Å². The van der Waals surface area contributed by atoms with Crippen molar-refractivity contribution in [3.63, 3.8) is 0 Å². The second-order valence-electron chi connectivity index (χ2n) is 12.1. The highest BCUT2D eigenvalue weighted by Gasteiger charge is 2.53. The molecule has 10 heteroatoms. The maximum atomic E-state index is 13.2. The summed E-state index contributed by atoms with van der Waals surface area (Å²) in [5, 5.41) is 13.1. The first-order valence-electron chi connectivity index (χ1n) is 13.5. The number of nitrogens with zero attached hydrogens (tertiary/aromatic N) is 2. The zero-order valence-corrected chi connectivity index (χ0v) is 24.4. The van der Waals surface area contributed by atoms with Crippen LogP contribution in [0.1, 0.15) is 62.7 Å². The summed E-state index contributed by atoms with van der Waals surface area (Å²) in [6, 6.07) is 16.6. The highest BCUT2D eigenvalue weighted by molar-refractivity contribution is 5.95. The van der Waals surface area contributed by atoms with Crippen LogP contribution in [-0.2, 0) is 20.9 Å². The fourth-order valence-corrected chi connectivity index (χ4v) is 4.88. The van der Waals surface area contributed by atoms with Gasteiger partial charge < -0.3 is 14.8 Å². The van der Waals surface area contributed by atoms with Crippen LogP contribution in [0.25, 0.3) is 10.9 Å². The summed E-state index contributed by atoms with van der Waals surface area (Å²) in [6.45, 7) is 11.6. The number of benzene rings is 2. The van der Waals surface area contributed by atoms with Crippen LogP contribution >= 0.6 is 0 Å². The van der Waals surface area contributed by atoms with Crippen LogP contribution in [0, 0.1) is 6.92 Å². The molecule has 2 amide bonds. The number of hydrogen-bond acceptors (Lipinski definition) is 8. The Kier molecular flexibility index (Phi) is 8.37. The zero-order chi connectivity index (χ0) is 30.0. The van der Waals surface area contributed by atoms with Crippen molar-refractivity contribution >= 4 is 28.7 Å². The summed E-state index contributed by atoms with van der Waals surface area (Å²) < 4.78 is 11.6. The fourth-order valence-electron chi connectivity index (χ4n) is 4.88. The summed E-state index contributed by atoms with van der Waals surface area (Å²) in [6.07, 6.45) is -0.156. The van der Waals surface area contributed by atoms with E-state index in [1.54, 1.807) is 64.4 Å². The van der Waals surface area contributed by atoms with Crippen molar-refractivity contribution in [1.82, 2.24) is 20.7 Å². The molecule has 0 atom stereocenters. The maximum absolute atomic E-state index is 13.2. The van der Waals surface area contributed by atoms with E-state index in [0.29, 0.717) is 17.9 Å². The first-order valence-corrected chi connectivity index (χ1v) is 13.5. The Hall–Kier alpha value is -4.02. The molecule has 0 radical (unpaired) electrons. The minimum Gasteiger partial charge on any atom is -0.489 e. The molecule has 1 aliphatic rings. The number of ether oxygens (including phenoxy) is 2. The van der Waals surface area contributed by atoms with E-state index in [0.717, 1.165) is 22.2 Å². The van der Waals surface area contributed by atoms with Gasteiger partial charge in [0.1, 0.15) is 23.5 Å². The summed E-state index contributed by atoms with van der Waals surface area (Å²) in [5.74, 6) is -0.819. The summed E-state index contributed by atoms with van der Waals surface area (Å²) in [5.41, 5.74) is 2.25. The van der Waals surface area contributed by atoms with Crippen LogP contribution in [0.2, 0.25) is 0 Å². The minimum absolute atomic E-state index is 0.156. The van der Waals surface area contributed by atoms with Gasteiger partial charge >= 0.3 is 5.97 Å². The molecule has 0 unspecified atom stereocenters. The molecule has 4 rings (SSSR count). The predicted octanol–water partition coefficient (Wildman–Crippen LogP) is 3.92. The quantitative estimate of drug-likeness (QED) is 0.203. The fraction of sp³-hybridized carbons (Fsp3) is 0.419. The molecule has 3 N–H and O–H groups in total. The zero-order valence-electron chi connectivity index (χ0n) is 24.4. The van der Waals surface area contributed by atoms with Crippen molar-refractivity contribution in [2.24, 2.45) is 0 Å². The number of likely N-dealkylation sites (tertiary alicyclic amines) is 1.